The summed E-state index contributed by atoms with van der Waals surface area (Å²) in [6, 6.07) is 3.04. The van der Waals surface area contributed by atoms with Gasteiger partial charge in [-0.3, -0.25) is 9.59 Å². The molecule has 0 aromatic carbocycles. The van der Waals surface area contributed by atoms with E-state index in [1.54, 1.807) is 11.0 Å². The first-order valence-electron chi connectivity index (χ1n) is 7.29. The van der Waals surface area contributed by atoms with Crippen molar-refractivity contribution in [3.63, 3.8) is 0 Å². The molecule has 3 rings (SSSR count). The smallest absolute Gasteiger partial charge is 0.349 e. The Kier molecular flexibility index (Phi) is 4.91. The third kappa shape index (κ3) is 3.31. The van der Waals surface area contributed by atoms with E-state index >= 15 is 0 Å². The Morgan fingerprint density at radius 1 is 1.38 bits per heavy atom. The van der Waals surface area contributed by atoms with E-state index in [-0.39, 0.29) is 11.8 Å². The van der Waals surface area contributed by atoms with Gasteiger partial charge in [-0.2, -0.15) is 0 Å². The Bertz CT molecular complexity index is 757. The molecule has 1 aliphatic heterocycles. The molecule has 2 aromatic rings. The van der Waals surface area contributed by atoms with Crippen LogP contribution in [0.2, 0.25) is 0 Å². The molecule has 0 unspecified atom stereocenters. The van der Waals surface area contributed by atoms with Crippen LogP contribution in [-0.4, -0.2) is 47.4 Å². The van der Waals surface area contributed by atoms with Crippen LogP contribution in [0, 0.1) is 0 Å². The van der Waals surface area contributed by atoms with E-state index in [0.717, 1.165) is 17.8 Å². The monoisotopic (exact) mass is 365 g/mol. The van der Waals surface area contributed by atoms with Gasteiger partial charge in [-0.1, -0.05) is 17.4 Å². The van der Waals surface area contributed by atoms with Gasteiger partial charge in [-0.25, -0.2) is 9.78 Å². The van der Waals surface area contributed by atoms with Gasteiger partial charge in [0, 0.05) is 6.54 Å². The molecule has 9 heteroatoms. The van der Waals surface area contributed by atoms with Crippen molar-refractivity contribution >= 4 is 45.6 Å². The summed E-state index contributed by atoms with van der Waals surface area (Å²) in [5.74, 6) is -0.913. The lowest BCUT2D eigenvalue weighted by atomic mass is 10.2. The molecule has 0 aliphatic carbocycles. The number of amides is 2. The van der Waals surface area contributed by atoms with Gasteiger partial charge < -0.3 is 15.0 Å². The zero-order chi connectivity index (χ0) is 17.1. The molecule has 0 spiro atoms. The lowest BCUT2D eigenvalue weighted by molar-refractivity contribution is -0.119. The minimum atomic E-state index is -0.523. The van der Waals surface area contributed by atoms with Crippen molar-refractivity contribution in [1.29, 1.82) is 0 Å². The maximum absolute atomic E-state index is 12.5. The van der Waals surface area contributed by atoms with Crippen molar-refractivity contribution in [3.05, 3.63) is 33.5 Å². The first-order valence-corrected chi connectivity index (χ1v) is 8.99. The van der Waals surface area contributed by atoms with Crippen molar-refractivity contribution in [3.8, 4) is 0 Å². The number of hydrogen-bond donors (Lipinski definition) is 1. The molecule has 1 atom stereocenters. The molecule has 1 aliphatic rings. The summed E-state index contributed by atoms with van der Waals surface area (Å²) < 4.78 is 4.61. The number of methoxy groups -OCH3 is 1. The predicted molar refractivity (Wildman–Crippen MR) is 90.5 cm³/mol. The first kappa shape index (κ1) is 16.6. The normalized spacial score (nSPS) is 16.9. The first-order chi connectivity index (χ1) is 11.6. The van der Waals surface area contributed by atoms with E-state index in [1.165, 1.54) is 24.6 Å². The molecule has 0 bridgehead atoms. The van der Waals surface area contributed by atoms with E-state index in [0.29, 0.717) is 27.9 Å². The number of nitrogens with zero attached hydrogens (tertiary/aromatic N) is 2. The average Bonchev–Trinajstić information content (AvgIpc) is 3.32. The SMILES string of the molecule is COC(=O)c1cnc(NC(=O)[C@@H]2CCCN2C(=O)c2cccs2)s1. The van der Waals surface area contributed by atoms with Crippen LogP contribution in [0.1, 0.15) is 32.2 Å². The zero-order valence-electron chi connectivity index (χ0n) is 12.9. The number of thiophene rings is 1. The number of carbonyl (C=O) groups is 3. The molecular weight excluding hydrogens is 350 g/mol. The van der Waals surface area contributed by atoms with Crippen LogP contribution in [0.3, 0.4) is 0 Å². The van der Waals surface area contributed by atoms with Crippen molar-refractivity contribution in [2.75, 3.05) is 19.0 Å². The highest BCUT2D eigenvalue weighted by Crippen LogP contribution is 2.25. The molecule has 0 radical (unpaired) electrons. The zero-order valence-corrected chi connectivity index (χ0v) is 14.5. The summed E-state index contributed by atoms with van der Waals surface area (Å²) in [6.07, 6.45) is 2.74. The average molecular weight is 365 g/mol. The summed E-state index contributed by atoms with van der Waals surface area (Å²) in [4.78, 5) is 42.9. The molecule has 126 valence electrons. The Labute approximate surface area is 146 Å². The second-order valence-corrected chi connectivity index (χ2v) is 7.12. The minimum Gasteiger partial charge on any atom is -0.465 e. The van der Waals surface area contributed by atoms with Crippen LogP contribution in [0.5, 0.6) is 0 Å². The third-order valence-corrected chi connectivity index (χ3v) is 5.42. The van der Waals surface area contributed by atoms with Gasteiger partial charge in [0.15, 0.2) is 5.13 Å². The number of thiazole rings is 1. The molecule has 2 amide bonds. The van der Waals surface area contributed by atoms with Crippen LogP contribution < -0.4 is 5.32 Å². The number of likely N-dealkylation sites (tertiary alicyclic amines) is 1. The summed E-state index contributed by atoms with van der Waals surface area (Å²) in [6.45, 7) is 0.556. The van der Waals surface area contributed by atoms with Crippen LogP contribution in [-0.2, 0) is 9.53 Å². The quantitative estimate of drug-likeness (QED) is 0.840. The van der Waals surface area contributed by atoms with E-state index < -0.39 is 12.0 Å². The second-order valence-electron chi connectivity index (χ2n) is 5.14. The molecule has 24 heavy (non-hydrogen) atoms. The highest BCUT2D eigenvalue weighted by atomic mass is 32.1. The summed E-state index contributed by atoms with van der Waals surface area (Å²) >= 11 is 2.40. The van der Waals surface area contributed by atoms with Crippen molar-refractivity contribution in [2.24, 2.45) is 0 Å². The Morgan fingerprint density at radius 2 is 2.21 bits per heavy atom. The van der Waals surface area contributed by atoms with Crippen LogP contribution in [0.4, 0.5) is 5.13 Å². The van der Waals surface area contributed by atoms with E-state index in [9.17, 15) is 14.4 Å². The van der Waals surface area contributed by atoms with Gasteiger partial charge in [0.2, 0.25) is 5.91 Å². The van der Waals surface area contributed by atoms with Crippen LogP contribution >= 0.6 is 22.7 Å². The topological polar surface area (TPSA) is 88.6 Å². The van der Waals surface area contributed by atoms with Gasteiger partial charge in [0.25, 0.3) is 5.91 Å². The molecule has 0 saturated carbocycles. The van der Waals surface area contributed by atoms with E-state index in [2.05, 4.69) is 15.0 Å². The number of rotatable bonds is 4. The Morgan fingerprint density at radius 3 is 2.92 bits per heavy atom. The summed E-state index contributed by atoms with van der Waals surface area (Å²) in [5, 5.41) is 4.83. The van der Waals surface area contributed by atoms with E-state index in [4.69, 9.17) is 0 Å². The number of hydrogen-bond acceptors (Lipinski definition) is 7. The fourth-order valence-electron chi connectivity index (χ4n) is 2.54. The Balaban J connectivity index is 1.68. The Hall–Kier alpha value is -2.26. The predicted octanol–water partition coefficient (Wildman–Crippen LogP) is 2.23. The maximum atomic E-state index is 12.5. The lowest BCUT2D eigenvalue weighted by Crippen LogP contribution is -2.42. The van der Waals surface area contributed by atoms with E-state index in [1.807, 2.05) is 11.4 Å². The summed E-state index contributed by atoms with van der Waals surface area (Å²) in [5.41, 5.74) is 0. The number of esters is 1. The van der Waals surface area contributed by atoms with Gasteiger partial charge in [0.05, 0.1) is 18.2 Å². The number of ether oxygens (including phenoxy) is 1. The number of aromatic nitrogens is 1. The highest BCUT2D eigenvalue weighted by molar-refractivity contribution is 7.17. The standard InChI is InChI=1S/C15H15N3O4S2/c1-22-14(21)11-8-16-15(24-11)17-12(19)9-4-2-6-18(9)13(20)10-5-3-7-23-10/h3,5,7-9H,2,4,6H2,1H3,(H,16,17,19)/t9-/m0/s1. The van der Waals surface area contributed by atoms with Gasteiger partial charge >= 0.3 is 5.97 Å². The minimum absolute atomic E-state index is 0.128. The number of nitrogens with one attached hydrogen (secondary N) is 1. The molecule has 1 saturated heterocycles. The fourth-order valence-corrected chi connectivity index (χ4v) is 3.96. The molecule has 2 aromatic heterocycles. The van der Waals surface area contributed by atoms with Crippen LogP contribution in [0.25, 0.3) is 0 Å². The van der Waals surface area contributed by atoms with Crippen molar-refractivity contribution in [2.45, 2.75) is 18.9 Å². The molecule has 3 heterocycles. The van der Waals surface area contributed by atoms with Crippen molar-refractivity contribution in [1.82, 2.24) is 9.88 Å². The highest BCUT2D eigenvalue weighted by Gasteiger charge is 2.35. The van der Waals surface area contributed by atoms with Gasteiger partial charge in [-0.15, -0.1) is 11.3 Å². The second kappa shape index (κ2) is 7.10. The molecule has 7 nitrogen and oxygen atoms in total. The molecular formula is C15H15N3O4S2. The van der Waals surface area contributed by atoms with Gasteiger partial charge in [0.1, 0.15) is 10.9 Å². The number of carbonyl (C=O) groups excluding carboxylic acids is 3. The molecule has 1 N–H and O–H groups in total. The third-order valence-electron chi connectivity index (χ3n) is 3.67. The fraction of sp³-hybridized carbons (Fsp3) is 0.333. The largest absolute Gasteiger partial charge is 0.465 e. The van der Waals surface area contributed by atoms with Crippen LogP contribution in [0.15, 0.2) is 23.7 Å². The van der Waals surface area contributed by atoms with Gasteiger partial charge in [-0.05, 0) is 24.3 Å². The van der Waals surface area contributed by atoms with Crippen molar-refractivity contribution < 1.29 is 19.1 Å². The summed E-state index contributed by atoms with van der Waals surface area (Å²) in [7, 11) is 1.28. The lowest BCUT2D eigenvalue weighted by Gasteiger charge is -2.22. The number of anilines is 1. The molecule has 1 fully saturated rings. The maximum Gasteiger partial charge on any atom is 0.349 e.